The third-order valence-electron chi connectivity index (χ3n) is 3.39. The van der Waals surface area contributed by atoms with Gasteiger partial charge in [0.25, 0.3) is 10.0 Å². The standard InChI is InChI=1S/C13H20N2O3S2/c1-4-10-5-6-11(19-10)20(17,18)15-8-7-14-13(16)12(15)9(2)3/h5-6,9,12H,4,7-8H2,1-3H3,(H,14,16). The van der Waals surface area contributed by atoms with Crippen molar-refractivity contribution in [2.75, 3.05) is 13.1 Å². The zero-order chi connectivity index (χ0) is 14.9. The van der Waals surface area contributed by atoms with Gasteiger partial charge in [-0.05, 0) is 24.5 Å². The second-order valence-electron chi connectivity index (χ2n) is 5.17. The molecule has 1 aliphatic heterocycles. The summed E-state index contributed by atoms with van der Waals surface area (Å²) in [4.78, 5) is 13.0. The van der Waals surface area contributed by atoms with Gasteiger partial charge >= 0.3 is 0 Å². The second kappa shape index (κ2) is 5.83. The van der Waals surface area contributed by atoms with Crippen molar-refractivity contribution in [1.29, 1.82) is 0 Å². The van der Waals surface area contributed by atoms with Crippen LogP contribution in [0, 0.1) is 5.92 Å². The lowest BCUT2D eigenvalue weighted by molar-refractivity contribution is -0.128. The predicted molar refractivity (Wildman–Crippen MR) is 79.2 cm³/mol. The Morgan fingerprint density at radius 1 is 1.45 bits per heavy atom. The number of sulfonamides is 1. The molecule has 1 amide bonds. The molecule has 0 aromatic carbocycles. The quantitative estimate of drug-likeness (QED) is 0.914. The minimum absolute atomic E-state index is 0.0596. The average molecular weight is 316 g/mol. The van der Waals surface area contributed by atoms with Crippen LogP contribution < -0.4 is 5.32 Å². The molecule has 0 aliphatic carbocycles. The van der Waals surface area contributed by atoms with Gasteiger partial charge in [0.05, 0.1) is 0 Å². The number of nitrogens with one attached hydrogen (secondary N) is 1. The van der Waals surface area contributed by atoms with Gasteiger partial charge in [0.2, 0.25) is 5.91 Å². The number of rotatable bonds is 4. The lowest BCUT2D eigenvalue weighted by Gasteiger charge is -2.35. The highest BCUT2D eigenvalue weighted by atomic mass is 32.2. The minimum Gasteiger partial charge on any atom is -0.353 e. The van der Waals surface area contributed by atoms with Gasteiger partial charge in [-0.2, -0.15) is 4.31 Å². The third kappa shape index (κ3) is 2.75. The molecular weight excluding hydrogens is 296 g/mol. The molecule has 1 saturated heterocycles. The Bertz CT molecular complexity index is 593. The van der Waals surface area contributed by atoms with Crippen molar-refractivity contribution >= 4 is 27.3 Å². The molecule has 112 valence electrons. The number of carbonyl (C=O) groups excluding carboxylic acids is 1. The summed E-state index contributed by atoms with van der Waals surface area (Å²) < 4.78 is 27.1. The first-order valence-electron chi connectivity index (χ1n) is 6.76. The van der Waals surface area contributed by atoms with E-state index < -0.39 is 16.1 Å². The van der Waals surface area contributed by atoms with Gasteiger partial charge in [-0.3, -0.25) is 4.79 Å². The highest BCUT2D eigenvalue weighted by Gasteiger charge is 2.40. The van der Waals surface area contributed by atoms with Crippen molar-refractivity contribution in [3.63, 3.8) is 0 Å². The lowest BCUT2D eigenvalue weighted by Crippen LogP contribution is -2.58. The molecule has 1 fully saturated rings. The first-order chi connectivity index (χ1) is 9.37. The van der Waals surface area contributed by atoms with Gasteiger partial charge in [0.15, 0.2) is 0 Å². The Morgan fingerprint density at radius 2 is 2.15 bits per heavy atom. The van der Waals surface area contributed by atoms with Gasteiger partial charge < -0.3 is 5.32 Å². The Hall–Kier alpha value is -0.920. The average Bonchev–Trinajstić information content (AvgIpc) is 2.87. The molecule has 5 nitrogen and oxygen atoms in total. The number of nitrogens with zero attached hydrogens (tertiary/aromatic N) is 1. The molecule has 0 radical (unpaired) electrons. The summed E-state index contributed by atoms with van der Waals surface area (Å²) in [5, 5.41) is 2.74. The Balaban J connectivity index is 2.38. The van der Waals surface area contributed by atoms with Crippen LogP contribution in [0.5, 0.6) is 0 Å². The third-order valence-corrected chi connectivity index (χ3v) is 6.97. The maximum Gasteiger partial charge on any atom is 0.253 e. The van der Waals surface area contributed by atoms with Crippen LogP contribution in [0.3, 0.4) is 0 Å². The number of thiophene rings is 1. The van der Waals surface area contributed by atoms with E-state index in [1.165, 1.54) is 15.6 Å². The Labute approximate surface area is 124 Å². The molecule has 20 heavy (non-hydrogen) atoms. The zero-order valence-corrected chi connectivity index (χ0v) is 13.6. The number of hydrogen-bond acceptors (Lipinski definition) is 4. The van der Waals surface area contributed by atoms with Gasteiger partial charge in [0, 0.05) is 18.0 Å². The van der Waals surface area contributed by atoms with Crippen LogP contribution in [0.25, 0.3) is 0 Å². The molecule has 2 rings (SSSR count). The molecule has 0 bridgehead atoms. The van der Waals surface area contributed by atoms with Crippen LogP contribution in [-0.4, -0.2) is 37.8 Å². The first kappa shape index (κ1) is 15.5. The van der Waals surface area contributed by atoms with Crippen LogP contribution in [0.1, 0.15) is 25.6 Å². The van der Waals surface area contributed by atoms with Crippen LogP contribution in [-0.2, 0) is 21.2 Å². The van der Waals surface area contributed by atoms with E-state index in [0.29, 0.717) is 17.3 Å². The van der Waals surface area contributed by atoms with E-state index in [0.717, 1.165) is 11.3 Å². The predicted octanol–water partition coefficient (Wildman–Crippen LogP) is 1.46. The summed E-state index contributed by atoms with van der Waals surface area (Å²) >= 11 is 1.29. The van der Waals surface area contributed by atoms with E-state index in [2.05, 4.69) is 5.32 Å². The maximum atomic E-state index is 12.7. The smallest absolute Gasteiger partial charge is 0.253 e. The van der Waals surface area contributed by atoms with E-state index in [9.17, 15) is 13.2 Å². The molecule has 0 saturated carbocycles. The molecule has 7 heteroatoms. The Morgan fingerprint density at radius 3 is 2.70 bits per heavy atom. The van der Waals surface area contributed by atoms with Crippen molar-refractivity contribution in [3.8, 4) is 0 Å². The monoisotopic (exact) mass is 316 g/mol. The summed E-state index contributed by atoms with van der Waals surface area (Å²) in [6.07, 6.45) is 0.814. The summed E-state index contributed by atoms with van der Waals surface area (Å²) in [5.41, 5.74) is 0. The minimum atomic E-state index is -3.59. The van der Waals surface area contributed by atoms with Crippen molar-refractivity contribution in [3.05, 3.63) is 17.0 Å². The largest absolute Gasteiger partial charge is 0.353 e. The molecule has 1 aromatic rings. The van der Waals surface area contributed by atoms with Gasteiger partial charge in [-0.25, -0.2) is 8.42 Å². The molecule has 1 N–H and O–H groups in total. The molecule has 1 atom stereocenters. The first-order valence-corrected chi connectivity index (χ1v) is 9.01. The van der Waals surface area contributed by atoms with E-state index in [1.54, 1.807) is 6.07 Å². The fraction of sp³-hybridized carbons (Fsp3) is 0.615. The summed E-state index contributed by atoms with van der Waals surface area (Å²) in [5.74, 6) is -0.266. The second-order valence-corrected chi connectivity index (χ2v) is 8.46. The maximum absolute atomic E-state index is 12.7. The van der Waals surface area contributed by atoms with Crippen molar-refractivity contribution < 1.29 is 13.2 Å². The van der Waals surface area contributed by atoms with E-state index >= 15 is 0 Å². The highest BCUT2D eigenvalue weighted by molar-refractivity contribution is 7.91. The molecule has 2 heterocycles. The van der Waals surface area contributed by atoms with Gasteiger partial charge in [-0.15, -0.1) is 11.3 Å². The summed E-state index contributed by atoms with van der Waals surface area (Å²) in [7, 11) is -3.59. The van der Waals surface area contributed by atoms with Gasteiger partial charge in [0.1, 0.15) is 10.3 Å². The number of carbonyl (C=O) groups is 1. The molecule has 1 unspecified atom stereocenters. The molecule has 1 aliphatic rings. The summed E-state index contributed by atoms with van der Waals surface area (Å²) in [6, 6.07) is 2.86. The highest BCUT2D eigenvalue weighted by Crippen LogP contribution is 2.28. The van der Waals surface area contributed by atoms with E-state index in [4.69, 9.17) is 0 Å². The topological polar surface area (TPSA) is 66.5 Å². The molecular formula is C13H20N2O3S2. The SMILES string of the molecule is CCc1ccc(S(=O)(=O)N2CCNC(=O)C2C(C)C)s1. The van der Waals surface area contributed by atoms with E-state index in [1.807, 2.05) is 26.8 Å². The number of amides is 1. The van der Waals surface area contributed by atoms with Crippen molar-refractivity contribution in [2.24, 2.45) is 5.92 Å². The molecule has 1 aromatic heterocycles. The summed E-state index contributed by atoms with van der Waals surface area (Å²) in [6.45, 7) is 6.42. The van der Waals surface area contributed by atoms with Crippen molar-refractivity contribution in [1.82, 2.24) is 9.62 Å². The van der Waals surface area contributed by atoms with Crippen LogP contribution >= 0.6 is 11.3 Å². The zero-order valence-electron chi connectivity index (χ0n) is 11.9. The number of piperazine rings is 1. The lowest BCUT2D eigenvalue weighted by atomic mass is 10.0. The van der Waals surface area contributed by atoms with E-state index in [-0.39, 0.29) is 11.8 Å². The van der Waals surface area contributed by atoms with Crippen molar-refractivity contribution in [2.45, 2.75) is 37.4 Å². The fourth-order valence-corrected chi connectivity index (χ4v) is 5.52. The fourth-order valence-electron chi connectivity index (χ4n) is 2.37. The van der Waals surface area contributed by atoms with Gasteiger partial charge in [-0.1, -0.05) is 20.8 Å². The molecule has 0 spiro atoms. The normalized spacial score (nSPS) is 21.2. The van der Waals surface area contributed by atoms with Crippen LogP contribution in [0.15, 0.2) is 16.3 Å². The van der Waals surface area contributed by atoms with Crippen LogP contribution in [0.4, 0.5) is 0 Å². The number of hydrogen-bond donors (Lipinski definition) is 1. The van der Waals surface area contributed by atoms with Crippen LogP contribution in [0.2, 0.25) is 0 Å². The Kier molecular flexibility index (Phi) is 4.51. The number of aryl methyl sites for hydroxylation is 1.